The van der Waals surface area contributed by atoms with Gasteiger partial charge in [-0.1, -0.05) is 0 Å². The highest BCUT2D eigenvalue weighted by atomic mass is 19.4. The van der Waals surface area contributed by atoms with E-state index in [1.165, 1.54) is 12.1 Å². The van der Waals surface area contributed by atoms with Crippen molar-refractivity contribution in [3.8, 4) is 5.75 Å². The molecule has 25 heavy (non-hydrogen) atoms. The molecule has 0 saturated heterocycles. The minimum Gasteiger partial charge on any atom is -0.406 e. The maximum atomic E-state index is 12.3. The van der Waals surface area contributed by atoms with Crippen molar-refractivity contribution >= 4 is 17.5 Å². The third-order valence-corrected chi connectivity index (χ3v) is 3.25. The molecule has 134 valence electrons. The van der Waals surface area contributed by atoms with Gasteiger partial charge in [-0.25, -0.2) is 9.97 Å². The molecule has 1 N–H and O–H groups in total. The average Bonchev–Trinajstić information content (AvgIpc) is 2.49. The molecule has 0 aliphatic rings. The molecule has 0 atom stereocenters. The van der Waals surface area contributed by atoms with Gasteiger partial charge in [-0.15, -0.1) is 13.2 Å². The van der Waals surface area contributed by atoms with E-state index in [0.29, 0.717) is 23.0 Å². The van der Waals surface area contributed by atoms with Crippen LogP contribution in [0.25, 0.3) is 0 Å². The molecule has 0 saturated carbocycles. The number of hydrogen-bond donors (Lipinski definition) is 1. The first-order valence-electron chi connectivity index (χ1n) is 7.26. The fraction of sp³-hybridized carbons (Fsp3) is 0.312. The molecule has 1 heterocycles. The van der Waals surface area contributed by atoms with Crippen molar-refractivity contribution in [3.63, 3.8) is 0 Å². The molecule has 6 nitrogen and oxygen atoms in total. The number of rotatable bonds is 4. The number of ether oxygens (including phenoxy) is 1. The minimum absolute atomic E-state index is 0.185. The molecule has 2 aromatic rings. The van der Waals surface area contributed by atoms with Crippen molar-refractivity contribution in [2.24, 2.45) is 0 Å². The van der Waals surface area contributed by atoms with Crippen LogP contribution in [-0.4, -0.2) is 36.3 Å². The standard InChI is InChI=1S/C16H17F3N4O2/c1-9-13(10(2)21-15(20-9)23(3)4)22-14(24)11-5-7-12(8-6-11)25-16(17,18)19/h5-8H,1-4H3,(H,22,24). The summed E-state index contributed by atoms with van der Waals surface area (Å²) in [5, 5.41) is 2.68. The van der Waals surface area contributed by atoms with E-state index in [1.54, 1.807) is 32.8 Å². The molecule has 0 aliphatic carbocycles. The quantitative estimate of drug-likeness (QED) is 0.912. The largest absolute Gasteiger partial charge is 0.573 e. The van der Waals surface area contributed by atoms with E-state index in [1.807, 2.05) is 0 Å². The Balaban J connectivity index is 2.17. The zero-order valence-corrected chi connectivity index (χ0v) is 14.1. The Hall–Kier alpha value is -2.84. The van der Waals surface area contributed by atoms with Crippen LogP contribution in [0.4, 0.5) is 24.8 Å². The molecule has 0 radical (unpaired) electrons. The van der Waals surface area contributed by atoms with Gasteiger partial charge < -0.3 is 15.0 Å². The molecule has 2 rings (SSSR count). The van der Waals surface area contributed by atoms with E-state index in [-0.39, 0.29) is 5.56 Å². The van der Waals surface area contributed by atoms with Crippen LogP contribution in [0, 0.1) is 13.8 Å². The number of nitrogens with one attached hydrogen (secondary N) is 1. The second-order valence-corrected chi connectivity index (χ2v) is 5.49. The Morgan fingerprint density at radius 3 is 2.04 bits per heavy atom. The Morgan fingerprint density at radius 1 is 1.08 bits per heavy atom. The monoisotopic (exact) mass is 354 g/mol. The number of carbonyl (C=O) groups excluding carboxylic acids is 1. The molecular formula is C16H17F3N4O2. The maximum Gasteiger partial charge on any atom is 0.573 e. The highest BCUT2D eigenvalue weighted by molar-refractivity contribution is 6.04. The summed E-state index contributed by atoms with van der Waals surface area (Å²) in [5.74, 6) is -0.359. The summed E-state index contributed by atoms with van der Waals surface area (Å²) in [7, 11) is 3.61. The summed E-state index contributed by atoms with van der Waals surface area (Å²) in [6, 6.07) is 4.65. The summed E-state index contributed by atoms with van der Waals surface area (Å²) < 4.78 is 40.2. The van der Waals surface area contributed by atoms with E-state index >= 15 is 0 Å². The fourth-order valence-corrected chi connectivity index (χ4v) is 2.07. The first kappa shape index (κ1) is 18.5. The van der Waals surface area contributed by atoms with Crippen LogP contribution in [0.3, 0.4) is 0 Å². The molecule has 0 bridgehead atoms. The van der Waals surface area contributed by atoms with E-state index < -0.39 is 18.0 Å². The smallest absolute Gasteiger partial charge is 0.406 e. The summed E-state index contributed by atoms with van der Waals surface area (Å²) in [6.45, 7) is 3.47. The van der Waals surface area contributed by atoms with Crippen molar-refractivity contribution in [1.82, 2.24) is 9.97 Å². The molecule has 1 aromatic carbocycles. The minimum atomic E-state index is -4.77. The number of alkyl halides is 3. The number of nitrogens with zero attached hydrogens (tertiary/aromatic N) is 3. The van der Waals surface area contributed by atoms with Gasteiger partial charge in [0.25, 0.3) is 5.91 Å². The number of carbonyl (C=O) groups is 1. The van der Waals surface area contributed by atoms with Gasteiger partial charge in [-0.05, 0) is 38.1 Å². The Bertz CT molecular complexity index is 751. The van der Waals surface area contributed by atoms with Crippen molar-refractivity contribution in [1.29, 1.82) is 0 Å². The van der Waals surface area contributed by atoms with Gasteiger partial charge in [0.1, 0.15) is 5.75 Å². The second-order valence-electron chi connectivity index (χ2n) is 5.49. The first-order chi connectivity index (χ1) is 11.6. The van der Waals surface area contributed by atoms with Gasteiger partial charge >= 0.3 is 6.36 Å². The summed E-state index contributed by atoms with van der Waals surface area (Å²) >= 11 is 0. The molecule has 9 heteroatoms. The molecular weight excluding hydrogens is 337 g/mol. The second kappa shape index (κ2) is 6.96. The highest BCUT2D eigenvalue weighted by Crippen LogP contribution is 2.24. The van der Waals surface area contributed by atoms with Gasteiger partial charge in [-0.2, -0.15) is 0 Å². The van der Waals surface area contributed by atoms with E-state index in [2.05, 4.69) is 20.0 Å². The van der Waals surface area contributed by atoms with E-state index in [0.717, 1.165) is 12.1 Å². The normalized spacial score (nSPS) is 11.2. The fourth-order valence-electron chi connectivity index (χ4n) is 2.07. The SMILES string of the molecule is Cc1nc(N(C)C)nc(C)c1NC(=O)c1ccc(OC(F)(F)F)cc1. The number of halogens is 3. The zero-order valence-electron chi connectivity index (χ0n) is 14.1. The lowest BCUT2D eigenvalue weighted by Crippen LogP contribution is -2.19. The van der Waals surface area contributed by atoms with Crippen LogP contribution in [0.15, 0.2) is 24.3 Å². The van der Waals surface area contributed by atoms with Crippen LogP contribution < -0.4 is 15.0 Å². The van der Waals surface area contributed by atoms with Crippen LogP contribution in [0.5, 0.6) is 5.75 Å². The predicted octanol–water partition coefficient (Wildman–Crippen LogP) is 3.31. The summed E-state index contributed by atoms with van der Waals surface area (Å²) in [4.78, 5) is 22.6. The third kappa shape index (κ3) is 4.82. The zero-order chi connectivity index (χ0) is 18.8. The third-order valence-electron chi connectivity index (χ3n) is 3.25. The average molecular weight is 354 g/mol. The Labute approximate surface area is 142 Å². The van der Waals surface area contributed by atoms with Crippen LogP contribution in [0.1, 0.15) is 21.7 Å². The maximum absolute atomic E-state index is 12.3. The lowest BCUT2D eigenvalue weighted by atomic mass is 10.2. The lowest BCUT2D eigenvalue weighted by Gasteiger charge is -2.16. The summed E-state index contributed by atoms with van der Waals surface area (Å²) in [6.07, 6.45) is -4.77. The van der Waals surface area contributed by atoms with Gasteiger partial charge in [0.05, 0.1) is 17.1 Å². The van der Waals surface area contributed by atoms with Gasteiger partial charge in [0.2, 0.25) is 5.95 Å². The number of anilines is 2. The topological polar surface area (TPSA) is 67.4 Å². The molecule has 0 unspecified atom stereocenters. The number of aromatic nitrogens is 2. The van der Waals surface area contributed by atoms with E-state index in [9.17, 15) is 18.0 Å². The predicted molar refractivity (Wildman–Crippen MR) is 86.9 cm³/mol. The van der Waals surface area contributed by atoms with Crippen LogP contribution in [-0.2, 0) is 0 Å². The number of aryl methyl sites for hydroxylation is 2. The number of hydrogen-bond acceptors (Lipinski definition) is 5. The number of benzene rings is 1. The molecule has 0 aliphatic heterocycles. The van der Waals surface area contributed by atoms with Crippen molar-refractivity contribution in [3.05, 3.63) is 41.2 Å². The molecule has 0 spiro atoms. The van der Waals surface area contributed by atoms with Crippen LogP contribution >= 0.6 is 0 Å². The van der Waals surface area contributed by atoms with Crippen molar-refractivity contribution in [2.45, 2.75) is 20.2 Å². The van der Waals surface area contributed by atoms with E-state index in [4.69, 9.17) is 0 Å². The van der Waals surface area contributed by atoms with Crippen molar-refractivity contribution < 1.29 is 22.7 Å². The molecule has 1 amide bonds. The van der Waals surface area contributed by atoms with Gasteiger partial charge in [-0.3, -0.25) is 4.79 Å². The summed E-state index contributed by atoms with van der Waals surface area (Å²) in [5.41, 5.74) is 1.82. The number of amides is 1. The molecule has 1 aromatic heterocycles. The lowest BCUT2D eigenvalue weighted by molar-refractivity contribution is -0.274. The van der Waals surface area contributed by atoms with Gasteiger partial charge in [0, 0.05) is 19.7 Å². The van der Waals surface area contributed by atoms with Crippen LogP contribution in [0.2, 0.25) is 0 Å². The highest BCUT2D eigenvalue weighted by Gasteiger charge is 2.31. The Morgan fingerprint density at radius 2 is 1.60 bits per heavy atom. The molecule has 0 fully saturated rings. The van der Waals surface area contributed by atoms with Gasteiger partial charge in [0.15, 0.2) is 0 Å². The first-order valence-corrected chi connectivity index (χ1v) is 7.26. The Kier molecular flexibility index (Phi) is 5.15. The van der Waals surface area contributed by atoms with Crippen molar-refractivity contribution in [2.75, 3.05) is 24.3 Å².